The maximum Gasteiger partial charge on any atom is 0.417 e. The highest BCUT2D eigenvalue weighted by Crippen LogP contribution is 2.37. The van der Waals surface area contributed by atoms with E-state index in [-0.39, 0.29) is 17.1 Å². The summed E-state index contributed by atoms with van der Waals surface area (Å²) in [5.41, 5.74) is -0.788. The van der Waals surface area contributed by atoms with Crippen molar-refractivity contribution >= 4 is 22.2 Å². The highest BCUT2D eigenvalue weighted by Gasteiger charge is 2.34. The number of aromatic amines is 1. The van der Waals surface area contributed by atoms with E-state index in [1.54, 1.807) is 0 Å². The van der Waals surface area contributed by atoms with Crippen LogP contribution in [-0.4, -0.2) is 16.3 Å². The number of rotatable bonds is 2. The molecule has 1 aromatic carbocycles. The molecule has 1 heterocycles. The number of halogens is 4. The van der Waals surface area contributed by atoms with Crippen molar-refractivity contribution < 1.29 is 18.0 Å². The minimum atomic E-state index is -4.49. The molecule has 0 radical (unpaired) electrons. The average molecular weight is 319 g/mol. The van der Waals surface area contributed by atoms with Gasteiger partial charge in [0.2, 0.25) is 0 Å². The van der Waals surface area contributed by atoms with E-state index in [1.165, 1.54) is 18.3 Å². The van der Waals surface area contributed by atoms with E-state index in [1.807, 2.05) is 0 Å². The molecule has 3 nitrogen and oxygen atoms in total. The second kappa shape index (κ2) is 4.56. The van der Waals surface area contributed by atoms with Crippen LogP contribution in [0.5, 0.6) is 0 Å². The first kappa shape index (κ1) is 12.8. The predicted octanol–water partition coefficient (Wildman–Crippen LogP) is 3.67. The minimum absolute atomic E-state index is 0.0110. The molecule has 0 saturated carbocycles. The third-order valence-electron chi connectivity index (χ3n) is 2.26. The van der Waals surface area contributed by atoms with Crippen LogP contribution in [0.25, 0.3) is 11.4 Å². The van der Waals surface area contributed by atoms with Crippen LogP contribution in [0.15, 0.2) is 28.9 Å². The molecule has 1 N–H and O–H groups in total. The second-order valence-electron chi connectivity index (χ2n) is 3.49. The number of hydrogen-bond donors (Lipinski definition) is 1. The summed E-state index contributed by atoms with van der Waals surface area (Å²) >= 11 is 2.99. The van der Waals surface area contributed by atoms with Crippen LogP contribution in [0.1, 0.15) is 16.1 Å². The van der Waals surface area contributed by atoms with Gasteiger partial charge in [-0.2, -0.15) is 13.2 Å². The lowest BCUT2D eigenvalue weighted by molar-refractivity contribution is -0.137. The summed E-state index contributed by atoms with van der Waals surface area (Å²) < 4.78 is 38.9. The number of imidazole rings is 1. The molecule has 0 spiro atoms. The van der Waals surface area contributed by atoms with Crippen LogP contribution in [0.3, 0.4) is 0 Å². The highest BCUT2D eigenvalue weighted by molar-refractivity contribution is 9.10. The topological polar surface area (TPSA) is 45.8 Å². The Balaban J connectivity index is 2.60. The van der Waals surface area contributed by atoms with E-state index >= 15 is 0 Å². The van der Waals surface area contributed by atoms with Gasteiger partial charge in [0, 0.05) is 10.0 Å². The summed E-state index contributed by atoms with van der Waals surface area (Å²) in [5.74, 6) is 0.0110. The quantitative estimate of drug-likeness (QED) is 0.859. The minimum Gasteiger partial charge on any atom is -0.336 e. The van der Waals surface area contributed by atoms with E-state index in [0.717, 1.165) is 6.07 Å². The maximum absolute atomic E-state index is 12.9. The lowest BCUT2D eigenvalue weighted by Crippen LogP contribution is -2.07. The van der Waals surface area contributed by atoms with E-state index in [0.29, 0.717) is 10.8 Å². The van der Waals surface area contributed by atoms with E-state index in [4.69, 9.17) is 0 Å². The van der Waals surface area contributed by atoms with Crippen LogP contribution in [0.4, 0.5) is 13.2 Å². The monoisotopic (exact) mass is 318 g/mol. The van der Waals surface area contributed by atoms with E-state index in [9.17, 15) is 18.0 Å². The molecule has 0 aliphatic carbocycles. The number of nitrogens with one attached hydrogen (secondary N) is 1. The van der Waals surface area contributed by atoms with Crippen molar-refractivity contribution in [1.82, 2.24) is 9.97 Å². The van der Waals surface area contributed by atoms with Gasteiger partial charge in [-0.05, 0) is 18.2 Å². The van der Waals surface area contributed by atoms with Gasteiger partial charge in [0.25, 0.3) is 0 Å². The van der Waals surface area contributed by atoms with Crippen LogP contribution in [0, 0.1) is 0 Å². The molecule has 18 heavy (non-hydrogen) atoms. The molecule has 0 aliphatic rings. The van der Waals surface area contributed by atoms with Crippen LogP contribution >= 0.6 is 15.9 Å². The molecule has 2 rings (SSSR count). The first-order valence-electron chi connectivity index (χ1n) is 4.79. The molecule has 0 unspecified atom stereocenters. The van der Waals surface area contributed by atoms with Crippen molar-refractivity contribution in [2.75, 3.05) is 0 Å². The number of hydrogen-bond acceptors (Lipinski definition) is 2. The maximum atomic E-state index is 12.9. The fraction of sp³-hybridized carbons (Fsp3) is 0.0909. The first-order valence-corrected chi connectivity index (χ1v) is 5.58. The van der Waals surface area contributed by atoms with Gasteiger partial charge in [-0.3, -0.25) is 4.79 Å². The number of nitrogens with zero attached hydrogens (tertiary/aromatic N) is 1. The van der Waals surface area contributed by atoms with Crippen LogP contribution < -0.4 is 0 Å². The fourth-order valence-corrected chi connectivity index (χ4v) is 1.85. The molecule has 0 saturated heterocycles. The largest absolute Gasteiger partial charge is 0.417 e. The molecule has 0 aliphatic heterocycles. The van der Waals surface area contributed by atoms with Crippen LogP contribution in [-0.2, 0) is 6.18 Å². The average Bonchev–Trinajstić information content (AvgIpc) is 2.76. The van der Waals surface area contributed by atoms with Crippen molar-refractivity contribution in [3.63, 3.8) is 0 Å². The summed E-state index contributed by atoms with van der Waals surface area (Å²) in [6.07, 6.45) is -2.82. The Bertz CT molecular complexity index is 592. The third kappa shape index (κ3) is 2.45. The summed E-state index contributed by atoms with van der Waals surface area (Å²) in [5, 5.41) is 0. The smallest absolute Gasteiger partial charge is 0.336 e. The molecule has 2 aromatic rings. The number of alkyl halides is 3. The predicted molar refractivity (Wildman–Crippen MR) is 62.1 cm³/mol. The number of benzene rings is 1. The zero-order valence-electron chi connectivity index (χ0n) is 8.75. The summed E-state index contributed by atoms with van der Waals surface area (Å²) in [4.78, 5) is 16.8. The van der Waals surface area contributed by atoms with Crippen LogP contribution in [0.2, 0.25) is 0 Å². The normalized spacial score (nSPS) is 11.6. The third-order valence-corrected chi connectivity index (χ3v) is 2.76. The van der Waals surface area contributed by atoms with Gasteiger partial charge in [0.05, 0.1) is 17.5 Å². The lowest BCUT2D eigenvalue weighted by atomic mass is 10.1. The van der Waals surface area contributed by atoms with E-state index < -0.39 is 11.7 Å². The number of aromatic nitrogens is 2. The lowest BCUT2D eigenvalue weighted by Gasteiger charge is -2.11. The zero-order chi connectivity index (χ0) is 13.3. The number of carbonyl (C=O) groups excluding carboxylic acids is 1. The first-order chi connectivity index (χ1) is 8.41. The summed E-state index contributed by atoms with van der Waals surface area (Å²) in [7, 11) is 0. The molecule has 1 aromatic heterocycles. The van der Waals surface area contributed by atoms with Gasteiger partial charge in [-0.15, -0.1) is 0 Å². The van der Waals surface area contributed by atoms with Crippen molar-refractivity contribution in [3.8, 4) is 11.4 Å². The SMILES string of the molecule is O=Cc1cnc(-c2ccc(Br)cc2C(F)(F)F)[nH]1. The van der Waals surface area contributed by atoms with E-state index in [2.05, 4.69) is 25.9 Å². The van der Waals surface area contributed by atoms with Crippen molar-refractivity contribution in [2.45, 2.75) is 6.18 Å². The Morgan fingerprint density at radius 2 is 2.06 bits per heavy atom. The highest BCUT2D eigenvalue weighted by atomic mass is 79.9. The number of H-pyrrole nitrogens is 1. The summed E-state index contributed by atoms with van der Waals surface area (Å²) in [6, 6.07) is 3.74. The Labute approximate surface area is 108 Å². The van der Waals surface area contributed by atoms with Gasteiger partial charge >= 0.3 is 6.18 Å². The Kier molecular flexibility index (Phi) is 3.25. The Hall–Kier alpha value is -1.63. The molecule has 94 valence electrons. The summed E-state index contributed by atoms with van der Waals surface area (Å²) in [6.45, 7) is 0. The molecule has 7 heteroatoms. The zero-order valence-corrected chi connectivity index (χ0v) is 10.3. The van der Waals surface area contributed by atoms with Gasteiger partial charge in [-0.1, -0.05) is 15.9 Å². The Morgan fingerprint density at radius 3 is 2.61 bits per heavy atom. The van der Waals surface area contributed by atoms with Gasteiger partial charge in [0.1, 0.15) is 5.82 Å². The van der Waals surface area contributed by atoms with Crippen molar-refractivity contribution in [3.05, 3.63) is 40.1 Å². The van der Waals surface area contributed by atoms with Crippen molar-refractivity contribution in [2.24, 2.45) is 0 Å². The number of carbonyl (C=O) groups is 1. The molecule has 0 fully saturated rings. The fourth-order valence-electron chi connectivity index (χ4n) is 1.49. The standard InChI is InChI=1S/C11H6BrF3N2O/c12-6-1-2-8(9(3-6)11(13,14)15)10-16-4-7(5-18)17-10/h1-5H,(H,16,17). The molecule has 0 amide bonds. The molecule has 0 bridgehead atoms. The van der Waals surface area contributed by atoms with Gasteiger partial charge in [0.15, 0.2) is 6.29 Å². The molecular formula is C11H6BrF3N2O. The Morgan fingerprint density at radius 1 is 1.33 bits per heavy atom. The van der Waals surface area contributed by atoms with Crippen molar-refractivity contribution in [1.29, 1.82) is 0 Å². The van der Waals surface area contributed by atoms with Gasteiger partial charge in [-0.25, -0.2) is 4.98 Å². The second-order valence-corrected chi connectivity index (χ2v) is 4.41. The number of aldehydes is 1. The molecule has 0 atom stereocenters. The van der Waals surface area contributed by atoms with Gasteiger partial charge < -0.3 is 4.98 Å². The molecular weight excluding hydrogens is 313 g/mol.